The molecule has 7 heteroatoms. The van der Waals surface area contributed by atoms with Gasteiger partial charge in [0.1, 0.15) is 5.75 Å². The lowest BCUT2D eigenvalue weighted by molar-refractivity contribution is 0.211. The number of likely N-dealkylation sites (tertiary alicyclic amines) is 1. The van der Waals surface area contributed by atoms with Crippen LogP contribution in [0.5, 0.6) is 5.75 Å². The van der Waals surface area contributed by atoms with Gasteiger partial charge in [-0.05, 0) is 80.1 Å². The Bertz CT molecular complexity index is 1050. The lowest BCUT2D eigenvalue weighted by Crippen LogP contribution is -2.37. The summed E-state index contributed by atoms with van der Waals surface area (Å²) in [6, 6.07) is 16.6. The summed E-state index contributed by atoms with van der Waals surface area (Å²) in [6.07, 6.45) is 5.68. The SMILES string of the molecule is COc1ccc(C2CCN(CCNCc3nc(C4(c5ccc(Cl)cc5)CCC4)no3)CC2)cc1. The van der Waals surface area contributed by atoms with Crippen molar-refractivity contribution < 1.29 is 9.26 Å². The maximum absolute atomic E-state index is 6.08. The van der Waals surface area contributed by atoms with Crippen molar-refractivity contribution in [1.29, 1.82) is 0 Å². The van der Waals surface area contributed by atoms with Crippen molar-refractivity contribution in [3.05, 3.63) is 76.4 Å². The van der Waals surface area contributed by atoms with Crippen molar-refractivity contribution in [2.75, 3.05) is 33.3 Å². The van der Waals surface area contributed by atoms with Crippen molar-refractivity contribution in [3.8, 4) is 5.75 Å². The lowest BCUT2D eigenvalue weighted by Gasteiger charge is -2.39. The summed E-state index contributed by atoms with van der Waals surface area (Å²) in [5.74, 6) is 3.03. The van der Waals surface area contributed by atoms with E-state index in [9.17, 15) is 0 Å². The maximum Gasteiger partial charge on any atom is 0.240 e. The minimum Gasteiger partial charge on any atom is -0.497 e. The molecule has 0 radical (unpaired) electrons. The van der Waals surface area contributed by atoms with Crippen molar-refractivity contribution in [2.24, 2.45) is 0 Å². The molecule has 2 heterocycles. The van der Waals surface area contributed by atoms with Gasteiger partial charge >= 0.3 is 0 Å². The van der Waals surface area contributed by atoms with Crippen LogP contribution in [0.2, 0.25) is 5.02 Å². The minimum absolute atomic E-state index is 0.124. The number of benzene rings is 2. The summed E-state index contributed by atoms with van der Waals surface area (Å²) in [6.45, 7) is 4.81. The topological polar surface area (TPSA) is 63.4 Å². The molecule has 2 fully saturated rings. The average Bonchev–Trinajstić information content (AvgIpc) is 3.32. The van der Waals surface area contributed by atoms with Gasteiger partial charge in [0.2, 0.25) is 5.89 Å². The van der Waals surface area contributed by atoms with Crippen molar-refractivity contribution >= 4 is 11.6 Å². The zero-order valence-electron chi connectivity index (χ0n) is 19.8. The number of piperidine rings is 1. The third kappa shape index (κ3) is 4.99. The fraction of sp³-hybridized carbons (Fsp3) is 0.481. The van der Waals surface area contributed by atoms with Crippen LogP contribution in [0.1, 0.15) is 60.9 Å². The minimum atomic E-state index is -0.124. The number of ether oxygens (including phenoxy) is 1. The van der Waals surface area contributed by atoms with E-state index in [1.54, 1.807) is 7.11 Å². The number of methoxy groups -OCH3 is 1. The first-order chi connectivity index (χ1) is 16.7. The van der Waals surface area contributed by atoms with E-state index in [1.807, 2.05) is 12.1 Å². The largest absolute Gasteiger partial charge is 0.497 e. The van der Waals surface area contributed by atoms with Crippen LogP contribution < -0.4 is 10.1 Å². The molecule has 1 N–H and O–H groups in total. The predicted octanol–water partition coefficient (Wildman–Crippen LogP) is 5.17. The highest BCUT2D eigenvalue weighted by molar-refractivity contribution is 6.30. The fourth-order valence-corrected chi connectivity index (χ4v) is 5.39. The molecule has 1 aliphatic heterocycles. The first kappa shape index (κ1) is 23.3. The number of hydrogen-bond donors (Lipinski definition) is 1. The highest BCUT2D eigenvalue weighted by Crippen LogP contribution is 2.47. The quantitative estimate of drug-likeness (QED) is 0.426. The molecule has 3 aromatic rings. The normalized spacial score (nSPS) is 18.5. The van der Waals surface area contributed by atoms with Crippen molar-refractivity contribution in [3.63, 3.8) is 0 Å². The van der Waals surface area contributed by atoms with E-state index >= 15 is 0 Å². The molecular formula is C27H33ClN4O2. The Kier molecular flexibility index (Phi) is 7.18. The summed E-state index contributed by atoms with van der Waals surface area (Å²) in [5.41, 5.74) is 2.52. The van der Waals surface area contributed by atoms with E-state index in [0.717, 1.165) is 55.6 Å². The van der Waals surface area contributed by atoms with E-state index in [4.69, 9.17) is 25.8 Å². The second kappa shape index (κ2) is 10.5. The molecule has 2 aliphatic rings. The fourth-order valence-electron chi connectivity index (χ4n) is 5.26. The number of rotatable bonds is 9. The number of nitrogens with one attached hydrogen (secondary N) is 1. The second-order valence-corrected chi connectivity index (χ2v) is 9.96. The maximum atomic E-state index is 6.08. The number of halogens is 1. The van der Waals surface area contributed by atoms with Gasteiger partial charge in [0.15, 0.2) is 5.82 Å². The Balaban J connectivity index is 1.07. The van der Waals surface area contributed by atoms with Gasteiger partial charge in [-0.1, -0.05) is 47.4 Å². The summed E-state index contributed by atoms with van der Waals surface area (Å²) < 4.78 is 10.9. The molecule has 6 nitrogen and oxygen atoms in total. The molecule has 0 unspecified atom stereocenters. The Morgan fingerprint density at radius 2 is 1.82 bits per heavy atom. The molecular weight excluding hydrogens is 448 g/mol. The summed E-state index contributed by atoms with van der Waals surface area (Å²) >= 11 is 6.08. The zero-order chi connectivity index (χ0) is 23.4. The summed E-state index contributed by atoms with van der Waals surface area (Å²) in [4.78, 5) is 7.29. The highest BCUT2D eigenvalue weighted by atomic mass is 35.5. The molecule has 1 aromatic heterocycles. The van der Waals surface area contributed by atoms with Crippen LogP contribution in [0.3, 0.4) is 0 Å². The van der Waals surface area contributed by atoms with E-state index in [2.05, 4.69) is 51.8 Å². The molecule has 180 valence electrons. The van der Waals surface area contributed by atoms with Gasteiger partial charge in [0.25, 0.3) is 0 Å². The third-order valence-corrected chi connectivity index (χ3v) is 7.81. The van der Waals surface area contributed by atoms with Crippen LogP contribution >= 0.6 is 11.6 Å². The van der Waals surface area contributed by atoms with E-state index < -0.39 is 0 Å². The second-order valence-electron chi connectivity index (χ2n) is 9.52. The van der Waals surface area contributed by atoms with Gasteiger partial charge in [-0.15, -0.1) is 0 Å². The molecule has 0 bridgehead atoms. The Morgan fingerprint density at radius 3 is 2.47 bits per heavy atom. The molecule has 34 heavy (non-hydrogen) atoms. The van der Waals surface area contributed by atoms with Crippen LogP contribution in [0.25, 0.3) is 0 Å². The van der Waals surface area contributed by atoms with Crippen LogP contribution in [0.4, 0.5) is 0 Å². The van der Waals surface area contributed by atoms with Gasteiger partial charge in [-0.2, -0.15) is 4.98 Å². The Morgan fingerprint density at radius 1 is 1.09 bits per heavy atom. The third-order valence-electron chi connectivity index (χ3n) is 7.56. The Hall–Kier alpha value is -2.41. The van der Waals surface area contributed by atoms with E-state index in [1.165, 1.54) is 30.4 Å². The van der Waals surface area contributed by atoms with Gasteiger partial charge in [0, 0.05) is 18.1 Å². The number of hydrogen-bond acceptors (Lipinski definition) is 6. The van der Waals surface area contributed by atoms with Crippen LogP contribution in [0.15, 0.2) is 53.1 Å². The summed E-state index contributed by atoms with van der Waals surface area (Å²) in [5, 5.41) is 8.58. The first-order valence-electron chi connectivity index (χ1n) is 12.3. The smallest absolute Gasteiger partial charge is 0.240 e. The molecule has 0 amide bonds. The molecule has 0 spiro atoms. The van der Waals surface area contributed by atoms with Gasteiger partial charge in [-0.3, -0.25) is 0 Å². The van der Waals surface area contributed by atoms with Gasteiger partial charge in [0.05, 0.1) is 19.1 Å². The highest BCUT2D eigenvalue weighted by Gasteiger charge is 2.44. The lowest BCUT2D eigenvalue weighted by atomic mass is 9.64. The van der Waals surface area contributed by atoms with E-state index in [-0.39, 0.29) is 5.41 Å². The van der Waals surface area contributed by atoms with Crippen molar-refractivity contribution in [2.45, 2.75) is 50.0 Å². The monoisotopic (exact) mass is 480 g/mol. The molecule has 0 atom stereocenters. The number of aromatic nitrogens is 2. The Labute approximate surface area is 206 Å². The van der Waals surface area contributed by atoms with Crippen LogP contribution in [-0.2, 0) is 12.0 Å². The number of nitrogens with zero attached hydrogens (tertiary/aromatic N) is 3. The molecule has 1 aliphatic carbocycles. The molecule has 1 saturated carbocycles. The average molecular weight is 481 g/mol. The predicted molar refractivity (Wildman–Crippen MR) is 133 cm³/mol. The zero-order valence-corrected chi connectivity index (χ0v) is 20.6. The first-order valence-corrected chi connectivity index (χ1v) is 12.7. The summed E-state index contributed by atoms with van der Waals surface area (Å²) in [7, 11) is 1.71. The molecule has 1 saturated heterocycles. The van der Waals surface area contributed by atoms with Gasteiger partial charge in [-0.25, -0.2) is 0 Å². The molecule has 2 aromatic carbocycles. The van der Waals surface area contributed by atoms with Gasteiger partial charge < -0.3 is 19.5 Å². The van der Waals surface area contributed by atoms with Crippen molar-refractivity contribution in [1.82, 2.24) is 20.4 Å². The van der Waals surface area contributed by atoms with E-state index in [0.29, 0.717) is 18.4 Å². The van der Waals surface area contributed by atoms with Crippen LogP contribution in [0, 0.1) is 0 Å². The standard InChI is InChI=1S/C27H33ClN4O2/c1-33-24-9-3-20(4-10-24)21-11-16-32(17-12-21)18-15-29-19-25-30-26(31-34-25)27(13-2-14-27)22-5-7-23(28)8-6-22/h3-10,21,29H,2,11-19H2,1H3. The van der Waals surface area contributed by atoms with Crippen LogP contribution in [-0.4, -0.2) is 48.3 Å². The molecule has 5 rings (SSSR count).